The van der Waals surface area contributed by atoms with Crippen LogP contribution in [0, 0.1) is 6.92 Å². The zero-order valence-electron chi connectivity index (χ0n) is 21.3. The largest absolute Gasteiger partial charge is 0.383 e. The summed E-state index contributed by atoms with van der Waals surface area (Å²) in [6, 6.07) is 25.3. The Morgan fingerprint density at radius 1 is 1.03 bits per heavy atom. The standard InChI is InChI=1S/C29H29ClN6O2/c1-20-12-13-26-23(16-20)17-24(29(37)31-26)27(28-32-33-34-36(28)14-15-38-2)35(18-21-8-4-3-5-9-21)19-22-10-6-7-11-25(22)30/h3-13,16-17,27H,14-15,18-19H2,1-2H3,(H,31,37)/t27-/m0/s1. The molecule has 2 aromatic heterocycles. The maximum atomic E-state index is 13.6. The molecule has 8 nitrogen and oxygen atoms in total. The Kier molecular flexibility index (Phi) is 7.93. The molecule has 38 heavy (non-hydrogen) atoms. The van der Waals surface area contributed by atoms with E-state index in [0.29, 0.717) is 42.7 Å². The fourth-order valence-corrected chi connectivity index (χ4v) is 4.89. The number of hydrogen-bond donors (Lipinski definition) is 1. The van der Waals surface area contributed by atoms with E-state index in [1.165, 1.54) is 0 Å². The van der Waals surface area contributed by atoms with Crippen LogP contribution < -0.4 is 5.56 Å². The fourth-order valence-electron chi connectivity index (χ4n) is 4.69. The summed E-state index contributed by atoms with van der Waals surface area (Å²) in [4.78, 5) is 18.9. The number of hydrogen-bond acceptors (Lipinski definition) is 6. The molecule has 194 valence electrons. The molecule has 9 heteroatoms. The molecular weight excluding hydrogens is 500 g/mol. The monoisotopic (exact) mass is 528 g/mol. The second kappa shape index (κ2) is 11.7. The average Bonchev–Trinajstić information content (AvgIpc) is 3.38. The fraction of sp³-hybridized carbons (Fsp3) is 0.241. The van der Waals surface area contributed by atoms with Crippen LogP contribution in [0.15, 0.2) is 83.7 Å². The van der Waals surface area contributed by atoms with Crippen LogP contribution in [-0.2, 0) is 24.4 Å². The predicted molar refractivity (Wildman–Crippen MR) is 148 cm³/mol. The van der Waals surface area contributed by atoms with Gasteiger partial charge >= 0.3 is 0 Å². The Hall–Kier alpha value is -3.85. The van der Waals surface area contributed by atoms with Crippen LogP contribution in [0.4, 0.5) is 0 Å². The summed E-state index contributed by atoms with van der Waals surface area (Å²) in [5, 5.41) is 14.2. The van der Waals surface area contributed by atoms with Gasteiger partial charge in [-0.1, -0.05) is 71.8 Å². The van der Waals surface area contributed by atoms with Gasteiger partial charge in [0, 0.05) is 36.3 Å². The molecule has 1 N–H and O–H groups in total. The summed E-state index contributed by atoms with van der Waals surface area (Å²) < 4.78 is 7.01. The lowest BCUT2D eigenvalue weighted by molar-refractivity contribution is 0.169. The Balaban J connectivity index is 1.70. The summed E-state index contributed by atoms with van der Waals surface area (Å²) in [6.45, 7) is 3.93. The number of ether oxygens (including phenoxy) is 1. The van der Waals surface area contributed by atoms with E-state index in [4.69, 9.17) is 16.3 Å². The minimum absolute atomic E-state index is 0.190. The zero-order valence-corrected chi connectivity index (χ0v) is 22.1. The van der Waals surface area contributed by atoms with Crippen LogP contribution in [0.25, 0.3) is 10.9 Å². The average molecular weight is 529 g/mol. The van der Waals surface area contributed by atoms with Crippen LogP contribution in [0.1, 0.15) is 34.1 Å². The number of tetrazole rings is 1. The number of nitrogens with zero attached hydrogens (tertiary/aromatic N) is 5. The van der Waals surface area contributed by atoms with Gasteiger partial charge in [-0.2, -0.15) is 0 Å². The second-order valence-electron chi connectivity index (χ2n) is 9.28. The molecule has 0 aliphatic rings. The van der Waals surface area contributed by atoms with E-state index in [9.17, 15) is 4.79 Å². The number of halogens is 1. The summed E-state index contributed by atoms with van der Waals surface area (Å²) in [5.41, 5.74) is 4.29. The molecule has 5 aromatic rings. The number of H-pyrrole nitrogens is 1. The van der Waals surface area contributed by atoms with Crippen molar-refractivity contribution in [1.29, 1.82) is 0 Å². The summed E-state index contributed by atoms with van der Waals surface area (Å²) in [5.74, 6) is 0.558. The van der Waals surface area contributed by atoms with Crippen LogP contribution >= 0.6 is 11.6 Å². The molecule has 0 fully saturated rings. The topological polar surface area (TPSA) is 88.9 Å². The highest BCUT2D eigenvalue weighted by Gasteiger charge is 2.31. The lowest BCUT2D eigenvalue weighted by atomic mass is 10.0. The Morgan fingerprint density at radius 2 is 1.82 bits per heavy atom. The van der Waals surface area contributed by atoms with E-state index in [-0.39, 0.29) is 5.56 Å². The number of fused-ring (bicyclic) bond motifs is 1. The highest BCUT2D eigenvalue weighted by atomic mass is 35.5. The van der Waals surface area contributed by atoms with Gasteiger partial charge in [-0.25, -0.2) is 4.68 Å². The molecule has 0 radical (unpaired) electrons. The molecule has 0 bridgehead atoms. The lowest BCUT2D eigenvalue weighted by Gasteiger charge is -2.31. The van der Waals surface area contributed by atoms with E-state index in [1.807, 2.05) is 67.6 Å². The first-order valence-corrected chi connectivity index (χ1v) is 12.8. The third kappa shape index (κ3) is 5.67. The number of aromatic amines is 1. The zero-order chi connectivity index (χ0) is 26.5. The maximum Gasteiger partial charge on any atom is 0.253 e. The van der Waals surface area contributed by atoms with Crippen molar-refractivity contribution in [3.63, 3.8) is 0 Å². The van der Waals surface area contributed by atoms with Gasteiger partial charge in [0.15, 0.2) is 5.82 Å². The van der Waals surface area contributed by atoms with E-state index >= 15 is 0 Å². The molecule has 0 unspecified atom stereocenters. The number of aryl methyl sites for hydroxylation is 1. The summed E-state index contributed by atoms with van der Waals surface area (Å²) >= 11 is 6.62. The molecule has 0 amide bonds. The normalized spacial score (nSPS) is 12.3. The van der Waals surface area contributed by atoms with Gasteiger partial charge in [0.1, 0.15) is 6.04 Å². The second-order valence-corrected chi connectivity index (χ2v) is 9.69. The van der Waals surface area contributed by atoms with Crippen molar-refractivity contribution in [3.05, 3.63) is 122 Å². The third-order valence-corrected chi connectivity index (χ3v) is 6.93. The molecule has 0 saturated heterocycles. The quantitative estimate of drug-likeness (QED) is 0.277. The number of benzene rings is 3. The molecule has 0 spiro atoms. The van der Waals surface area contributed by atoms with Crippen molar-refractivity contribution in [3.8, 4) is 0 Å². The third-order valence-electron chi connectivity index (χ3n) is 6.56. The van der Waals surface area contributed by atoms with Crippen LogP contribution in [-0.4, -0.2) is 43.8 Å². The van der Waals surface area contributed by atoms with E-state index < -0.39 is 6.04 Å². The van der Waals surface area contributed by atoms with Crippen molar-refractivity contribution < 1.29 is 4.74 Å². The molecule has 0 saturated carbocycles. The Bertz CT molecular complexity index is 1580. The Labute approximate surface area is 225 Å². The van der Waals surface area contributed by atoms with Gasteiger partial charge in [-0.3, -0.25) is 9.69 Å². The Morgan fingerprint density at radius 3 is 2.61 bits per heavy atom. The first kappa shape index (κ1) is 25.8. The molecule has 0 aliphatic heterocycles. The molecule has 2 heterocycles. The number of nitrogens with one attached hydrogen (secondary N) is 1. The van der Waals surface area contributed by atoms with Crippen molar-refractivity contribution in [1.82, 2.24) is 30.1 Å². The minimum Gasteiger partial charge on any atom is -0.383 e. The highest BCUT2D eigenvalue weighted by molar-refractivity contribution is 6.31. The van der Waals surface area contributed by atoms with Crippen LogP contribution in [0.3, 0.4) is 0 Å². The van der Waals surface area contributed by atoms with E-state index in [2.05, 4.69) is 43.6 Å². The number of rotatable bonds is 10. The van der Waals surface area contributed by atoms with Crippen LogP contribution in [0.2, 0.25) is 5.02 Å². The van der Waals surface area contributed by atoms with Crippen molar-refractivity contribution in [2.45, 2.75) is 32.6 Å². The van der Waals surface area contributed by atoms with Crippen molar-refractivity contribution in [2.75, 3.05) is 13.7 Å². The van der Waals surface area contributed by atoms with Crippen LogP contribution in [0.5, 0.6) is 0 Å². The van der Waals surface area contributed by atoms with Crippen molar-refractivity contribution >= 4 is 22.5 Å². The maximum absolute atomic E-state index is 13.6. The SMILES string of the molecule is COCCn1nnnc1[C@H](c1cc2cc(C)ccc2[nH]c1=O)N(Cc1ccccc1)Cc1ccccc1Cl. The molecule has 3 aromatic carbocycles. The number of pyridine rings is 1. The van der Waals surface area contributed by atoms with Gasteiger partial charge in [0.2, 0.25) is 0 Å². The molecule has 5 rings (SSSR count). The van der Waals surface area contributed by atoms with E-state index in [1.54, 1.807) is 11.8 Å². The molecular formula is C29H29ClN6O2. The van der Waals surface area contributed by atoms with E-state index in [0.717, 1.165) is 27.6 Å². The summed E-state index contributed by atoms with van der Waals surface area (Å²) in [6.07, 6.45) is 0. The smallest absolute Gasteiger partial charge is 0.253 e. The minimum atomic E-state index is -0.563. The van der Waals surface area contributed by atoms with Gasteiger partial charge < -0.3 is 9.72 Å². The molecule has 1 atom stereocenters. The first-order valence-electron chi connectivity index (χ1n) is 12.4. The number of methoxy groups -OCH3 is 1. The number of aromatic nitrogens is 5. The van der Waals surface area contributed by atoms with Gasteiger partial charge in [-0.05, 0) is 58.1 Å². The summed E-state index contributed by atoms with van der Waals surface area (Å²) in [7, 11) is 1.64. The van der Waals surface area contributed by atoms with Crippen molar-refractivity contribution in [2.24, 2.45) is 0 Å². The van der Waals surface area contributed by atoms with Gasteiger partial charge in [0.25, 0.3) is 5.56 Å². The lowest BCUT2D eigenvalue weighted by Crippen LogP contribution is -2.35. The highest BCUT2D eigenvalue weighted by Crippen LogP contribution is 2.31. The van der Waals surface area contributed by atoms with Gasteiger partial charge in [-0.15, -0.1) is 5.10 Å². The van der Waals surface area contributed by atoms with Gasteiger partial charge in [0.05, 0.1) is 13.2 Å². The first-order chi connectivity index (χ1) is 18.5. The molecule has 0 aliphatic carbocycles. The predicted octanol–water partition coefficient (Wildman–Crippen LogP) is 4.91.